The number of hydrogen-bond acceptors (Lipinski definition) is 4. The lowest BCUT2D eigenvalue weighted by molar-refractivity contribution is -0.137. The van der Waals surface area contributed by atoms with Crippen molar-refractivity contribution in [2.75, 3.05) is 6.61 Å². The van der Waals surface area contributed by atoms with Crippen molar-refractivity contribution in [2.45, 2.75) is 31.3 Å². The molecule has 1 aliphatic carbocycles. The van der Waals surface area contributed by atoms with Crippen LogP contribution in [0.25, 0.3) is 11.1 Å². The van der Waals surface area contributed by atoms with Crippen LogP contribution in [0.3, 0.4) is 0 Å². The zero-order valence-electron chi connectivity index (χ0n) is 17.9. The summed E-state index contributed by atoms with van der Waals surface area (Å²) < 4.78 is 5.50. The summed E-state index contributed by atoms with van der Waals surface area (Å²) in [6, 6.07) is 16.8. The van der Waals surface area contributed by atoms with E-state index in [-0.39, 0.29) is 31.9 Å². The first kappa shape index (κ1) is 22.1. The van der Waals surface area contributed by atoms with Crippen LogP contribution in [0.15, 0.2) is 67.0 Å². The van der Waals surface area contributed by atoms with E-state index in [0.717, 1.165) is 27.8 Å². The highest BCUT2D eigenvalue weighted by molar-refractivity contribution is 5.86. The minimum atomic E-state index is -1.05. The Hall–Kier alpha value is -4.07. The number of carbonyl (C=O) groups is 3. The van der Waals surface area contributed by atoms with E-state index in [0.29, 0.717) is 0 Å². The number of hydrogen-bond donors (Lipinski definition) is 4. The van der Waals surface area contributed by atoms with Crippen molar-refractivity contribution in [3.05, 3.63) is 83.7 Å². The van der Waals surface area contributed by atoms with Crippen molar-refractivity contribution in [2.24, 2.45) is 0 Å². The summed E-state index contributed by atoms with van der Waals surface area (Å²) in [7, 11) is 0. The van der Waals surface area contributed by atoms with Crippen molar-refractivity contribution in [3.8, 4) is 11.1 Å². The second kappa shape index (κ2) is 10.0. The molecule has 8 nitrogen and oxygen atoms in total. The molecule has 1 aliphatic rings. The van der Waals surface area contributed by atoms with E-state index in [4.69, 9.17) is 9.84 Å². The van der Waals surface area contributed by atoms with Crippen molar-refractivity contribution >= 4 is 18.0 Å². The molecular weight excluding hydrogens is 422 g/mol. The van der Waals surface area contributed by atoms with Gasteiger partial charge in [0.05, 0.1) is 0 Å². The van der Waals surface area contributed by atoms with Crippen LogP contribution in [-0.2, 0) is 20.9 Å². The number of nitrogens with one attached hydrogen (secondary N) is 3. The Morgan fingerprint density at radius 3 is 2.27 bits per heavy atom. The van der Waals surface area contributed by atoms with Crippen LogP contribution in [0.5, 0.6) is 0 Å². The van der Waals surface area contributed by atoms with Crippen LogP contribution >= 0.6 is 0 Å². The number of benzene rings is 2. The molecule has 170 valence electrons. The average molecular weight is 447 g/mol. The number of amides is 2. The molecule has 0 spiro atoms. The number of alkyl carbamates (subject to hydrolysis) is 1. The minimum absolute atomic E-state index is 0.0432. The van der Waals surface area contributed by atoms with E-state index in [2.05, 4.69) is 15.6 Å². The van der Waals surface area contributed by atoms with Gasteiger partial charge in [0.1, 0.15) is 12.6 Å². The van der Waals surface area contributed by atoms with Gasteiger partial charge in [-0.2, -0.15) is 0 Å². The van der Waals surface area contributed by atoms with Crippen molar-refractivity contribution in [3.63, 3.8) is 0 Å². The molecule has 4 N–H and O–H groups in total. The molecule has 4 rings (SSSR count). The fourth-order valence-electron chi connectivity index (χ4n) is 4.10. The third-order valence-electron chi connectivity index (χ3n) is 5.73. The van der Waals surface area contributed by atoms with Gasteiger partial charge in [0.15, 0.2) is 0 Å². The molecule has 2 aromatic carbocycles. The van der Waals surface area contributed by atoms with E-state index in [9.17, 15) is 14.4 Å². The highest BCUT2D eigenvalue weighted by Crippen LogP contribution is 2.44. The molecule has 0 fully saturated rings. The minimum Gasteiger partial charge on any atom is -0.481 e. The standard InChI is InChI=1S/C25H25N3O5/c29-23(30)10-9-22(24(31)27-14-16-11-12-26-13-16)28-25(32)33-15-21-19-7-3-1-5-17(19)18-6-2-4-8-20(18)21/h1-8,11-13,21-22,26H,9-10,14-15H2,(H,27,31)(H,28,32)(H,29,30). The van der Waals surface area contributed by atoms with E-state index in [1.54, 1.807) is 12.4 Å². The lowest BCUT2D eigenvalue weighted by Gasteiger charge is -2.19. The Labute approximate surface area is 191 Å². The van der Waals surface area contributed by atoms with Gasteiger partial charge in [-0.05, 0) is 40.3 Å². The zero-order chi connectivity index (χ0) is 23.2. The number of H-pyrrole nitrogens is 1. The average Bonchev–Trinajstić information content (AvgIpc) is 3.45. The number of carboxylic acids is 1. The van der Waals surface area contributed by atoms with Gasteiger partial charge in [0.25, 0.3) is 0 Å². The number of carbonyl (C=O) groups excluding carboxylic acids is 2. The van der Waals surface area contributed by atoms with Crippen LogP contribution in [-0.4, -0.2) is 40.7 Å². The molecule has 2 amide bonds. The van der Waals surface area contributed by atoms with Gasteiger partial charge in [0.2, 0.25) is 5.91 Å². The molecule has 0 saturated carbocycles. The smallest absolute Gasteiger partial charge is 0.407 e. The summed E-state index contributed by atoms with van der Waals surface area (Å²) in [5.41, 5.74) is 5.26. The van der Waals surface area contributed by atoms with E-state index in [1.165, 1.54) is 0 Å². The normalized spacial score (nSPS) is 13.0. The van der Waals surface area contributed by atoms with Gasteiger partial charge in [-0.1, -0.05) is 48.5 Å². The molecule has 8 heteroatoms. The van der Waals surface area contributed by atoms with Gasteiger partial charge in [-0.25, -0.2) is 4.79 Å². The summed E-state index contributed by atoms with van der Waals surface area (Å²) >= 11 is 0. The quantitative estimate of drug-likeness (QED) is 0.401. The zero-order valence-corrected chi connectivity index (χ0v) is 17.9. The first-order valence-electron chi connectivity index (χ1n) is 10.8. The molecule has 1 heterocycles. The first-order chi connectivity index (χ1) is 16.0. The summed E-state index contributed by atoms with van der Waals surface area (Å²) in [5.74, 6) is -1.62. The van der Waals surface area contributed by atoms with Crippen LogP contribution in [0.1, 0.15) is 35.4 Å². The Balaban J connectivity index is 1.39. The van der Waals surface area contributed by atoms with E-state index >= 15 is 0 Å². The molecule has 33 heavy (non-hydrogen) atoms. The largest absolute Gasteiger partial charge is 0.481 e. The van der Waals surface area contributed by atoms with Gasteiger partial charge >= 0.3 is 12.1 Å². The van der Waals surface area contributed by atoms with Gasteiger partial charge in [-0.15, -0.1) is 0 Å². The Morgan fingerprint density at radius 1 is 1.00 bits per heavy atom. The van der Waals surface area contributed by atoms with Crippen molar-refractivity contribution < 1.29 is 24.2 Å². The molecule has 0 radical (unpaired) electrons. The van der Waals surface area contributed by atoms with Crippen molar-refractivity contribution in [1.82, 2.24) is 15.6 Å². The lowest BCUT2D eigenvalue weighted by atomic mass is 9.98. The van der Waals surface area contributed by atoms with E-state index < -0.39 is 24.0 Å². The van der Waals surface area contributed by atoms with E-state index in [1.807, 2.05) is 54.6 Å². The molecule has 1 atom stereocenters. The summed E-state index contributed by atoms with van der Waals surface area (Å²) in [6.07, 6.45) is 2.41. The molecule has 0 bridgehead atoms. The van der Waals surface area contributed by atoms with Crippen LogP contribution in [0, 0.1) is 0 Å². The van der Waals surface area contributed by atoms with Gasteiger partial charge < -0.3 is 25.5 Å². The predicted molar refractivity (Wildman–Crippen MR) is 122 cm³/mol. The fourth-order valence-corrected chi connectivity index (χ4v) is 4.10. The molecule has 1 aromatic heterocycles. The Morgan fingerprint density at radius 2 is 1.67 bits per heavy atom. The highest BCUT2D eigenvalue weighted by Gasteiger charge is 2.30. The van der Waals surface area contributed by atoms with Crippen LogP contribution in [0.4, 0.5) is 4.79 Å². The topological polar surface area (TPSA) is 121 Å². The number of aromatic nitrogens is 1. The fraction of sp³-hybridized carbons (Fsp3) is 0.240. The SMILES string of the molecule is O=C(O)CCC(NC(=O)OCC1c2ccccc2-c2ccccc21)C(=O)NCc1cc[nH]c1. The summed E-state index contributed by atoms with van der Waals surface area (Å²) in [6.45, 7) is 0.370. The number of ether oxygens (including phenoxy) is 1. The summed E-state index contributed by atoms with van der Waals surface area (Å²) in [4.78, 5) is 39.0. The number of fused-ring (bicyclic) bond motifs is 3. The van der Waals surface area contributed by atoms with Crippen LogP contribution in [0.2, 0.25) is 0 Å². The Kier molecular flexibility index (Phi) is 6.73. The second-order valence-electron chi connectivity index (χ2n) is 7.89. The highest BCUT2D eigenvalue weighted by atomic mass is 16.5. The molecular formula is C25H25N3O5. The molecule has 3 aromatic rings. The number of aromatic amines is 1. The van der Waals surface area contributed by atoms with Gasteiger partial charge in [0, 0.05) is 31.3 Å². The third-order valence-corrected chi connectivity index (χ3v) is 5.73. The van der Waals surface area contributed by atoms with Crippen molar-refractivity contribution in [1.29, 1.82) is 0 Å². The van der Waals surface area contributed by atoms with Crippen LogP contribution < -0.4 is 10.6 Å². The molecule has 1 unspecified atom stereocenters. The maximum absolute atomic E-state index is 12.6. The second-order valence-corrected chi connectivity index (χ2v) is 7.89. The molecule has 0 saturated heterocycles. The monoisotopic (exact) mass is 447 g/mol. The lowest BCUT2D eigenvalue weighted by Crippen LogP contribution is -2.47. The maximum atomic E-state index is 12.6. The number of carboxylic acid groups (broad SMARTS) is 1. The number of rotatable bonds is 9. The maximum Gasteiger partial charge on any atom is 0.407 e. The predicted octanol–water partition coefficient (Wildman–Crippen LogP) is 3.40. The Bertz CT molecular complexity index is 1100. The molecule has 0 aliphatic heterocycles. The van der Waals surface area contributed by atoms with Gasteiger partial charge in [-0.3, -0.25) is 9.59 Å². The number of aliphatic carboxylic acids is 1. The third kappa shape index (κ3) is 5.23. The first-order valence-corrected chi connectivity index (χ1v) is 10.8. The summed E-state index contributed by atoms with van der Waals surface area (Å²) in [5, 5.41) is 14.3.